The average Bonchev–Trinajstić information content (AvgIpc) is 2.72. The van der Waals surface area contributed by atoms with Gasteiger partial charge in [-0.05, 0) is 73.3 Å². The highest BCUT2D eigenvalue weighted by Crippen LogP contribution is 2.60. The van der Waals surface area contributed by atoms with Crippen LogP contribution in [0.15, 0.2) is 12.1 Å². The molecule has 0 radical (unpaired) electrons. The fourth-order valence-corrected chi connectivity index (χ4v) is 7.00. The lowest BCUT2D eigenvalue weighted by atomic mass is 9.50. The fraction of sp³-hybridized carbons (Fsp3) is 0.696. The van der Waals surface area contributed by atoms with Crippen molar-refractivity contribution >= 4 is 17.6 Å². The van der Waals surface area contributed by atoms with E-state index in [4.69, 9.17) is 16.5 Å². The van der Waals surface area contributed by atoms with E-state index < -0.39 is 5.91 Å². The van der Waals surface area contributed by atoms with Crippen LogP contribution < -0.4 is 16.4 Å². The predicted molar refractivity (Wildman–Crippen MR) is 115 cm³/mol. The van der Waals surface area contributed by atoms with Gasteiger partial charge >= 0.3 is 0 Å². The highest BCUT2D eigenvalue weighted by Gasteiger charge is 2.49. The Labute approximate surface area is 178 Å². The number of nitrogens with two attached hydrogens (primary N) is 2. The number of carbonyl (C=O) groups is 2. The largest absolute Gasteiger partial charge is 0.370 e. The van der Waals surface area contributed by atoms with Crippen LogP contribution in [0.1, 0.15) is 60.5 Å². The van der Waals surface area contributed by atoms with E-state index in [1.54, 1.807) is 0 Å². The van der Waals surface area contributed by atoms with Crippen LogP contribution in [0.3, 0.4) is 0 Å². The maximum Gasteiger partial charge on any atom is 0.267 e. The minimum absolute atomic E-state index is 0.259. The third-order valence-corrected chi connectivity index (χ3v) is 8.10. The lowest BCUT2D eigenvalue weighted by molar-refractivity contribution is -0.118. The van der Waals surface area contributed by atoms with E-state index in [1.807, 2.05) is 0 Å². The quantitative estimate of drug-likeness (QED) is 0.741. The first-order valence-corrected chi connectivity index (χ1v) is 11.5. The molecular weight excluding hydrogens is 378 g/mol. The summed E-state index contributed by atoms with van der Waals surface area (Å²) in [6.45, 7) is 4.06. The number of nitrogens with zero attached hydrogens (tertiary/aromatic N) is 3. The molecule has 2 amide bonds. The van der Waals surface area contributed by atoms with E-state index >= 15 is 0 Å². The van der Waals surface area contributed by atoms with Gasteiger partial charge in [0.1, 0.15) is 11.5 Å². The minimum atomic E-state index is -0.402. The van der Waals surface area contributed by atoms with E-state index in [2.05, 4.69) is 21.9 Å². The minimum Gasteiger partial charge on any atom is -0.370 e. The van der Waals surface area contributed by atoms with Gasteiger partial charge < -0.3 is 16.4 Å². The zero-order chi connectivity index (χ0) is 20.8. The molecule has 1 saturated heterocycles. The first-order valence-electron chi connectivity index (χ1n) is 11.5. The molecule has 162 valence electrons. The molecule has 4 aliphatic carbocycles. The van der Waals surface area contributed by atoms with Crippen molar-refractivity contribution in [2.24, 2.45) is 35.1 Å². The summed E-state index contributed by atoms with van der Waals surface area (Å²) in [6.07, 6.45) is 7.06. The summed E-state index contributed by atoms with van der Waals surface area (Å²) in [4.78, 5) is 32.6. The normalized spacial score (nSPS) is 33.1. The van der Waals surface area contributed by atoms with Crippen LogP contribution in [0.5, 0.6) is 0 Å². The van der Waals surface area contributed by atoms with Crippen LogP contribution in [0.4, 0.5) is 5.82 Å². The standard InChI is InChI=1S/C23H33N5O2/c24-19(29)3-4-27-5-7-28(8-6-27)20-2-1-18(22(26-20)23(25)30)21-16-10-14-9-15(12-16)13-17(21)11-14/h1-2,14-17,21H,3-13H2,(H2,24,29)(H2,25,30). The van der Waals surface area contributed by atoms with Crippen molar-refractivity contribution in [3.05, 3.63) is 23.4 Å². The smallest absolute Gasteiger partial charge is 0.267 e. The second kappa shape index (κ2) is 7.84. The number of hydrogen-bond acceptors (Lipinski definition) is 5. The molecule has 4 N–H and O–H groups in total. The number of hydrogen-bond donors (Lipinski definition) is 2. The Morgan fingerprint density at radius 3 is 2.13 bits per heavy atom. The molecule has 0 unspecified atom stereocenters. The number of aromatic nitrogens is 1. The van der Waals surface area contributed by atoms with Crippen molar-refractivity contribution in [3.8, 4) is 0 Å². The summed E-state index contributed by atoms with van der Waals surface area (Å²) in [7, 11) is 0. The van der Waals surface area contributed by atoms with Crippen LogP contribution in [0.25, 0.3) is 0 Å². The molecule has 0 aromatic carbocycles. The fourth-order valence-electron chi connectivity index (χ4n) is 7.00. The van der Waals surface area contributed by atoms with E-state index in [-0.39, 0.29) is 5.91 Å². The number of carbonyl (C=O) groups excluding carboxylic acids is 2. The van der Waals surface area contributed by atoms with Gasteiger partial charge in [0.2, 0.25) is 5.91 Å². The number of primary amides is 2. The lowest BCUT2D eigenvalue weighted by Gasteiger charge is -2.54. The third-order valence-electron chi connectivity index (χ3n) is 8.10. The van der Waals surface area contributed by atoms with Gasteiger partial charge in [0.05, 0.1) is 0 Å². The van der Waals surface area contributed by atoms with Crippen LogP contribution in [0, 0.1) is 23.7 Å². The Kier molecular flexibility index (Phi) is 5.17. The Balaban J connectivity index is 1.33. The van der Waals surface area contributed by atoms with Crippen LogP contribution in [-0.2, 0) is 4.79 Å². The maximum absolute atomic E-state index is 12.4. The molecule has 4 saturated carbocycles. The van der Waals surface area contributed by atoms with Crippen molar-refractivity contribution in [1.82, 2.24) is 9.88 Å². The van der Waals surface area contributed by atoms with E-state index in [1.165, 1.54) is 32.1 Å². The molecule has 5 fully saturated rings. The summed E-state index contributed by atoms with van der Waals surface area (Å²) in [5.74, 6) is 3.82. The van der Waals surface area contributed by atoms with Crippen LogP contribution in [0.2, 0.25) is 0 Å². The van der Waals surface area contributed by atoms with Crippen molar-refractivity contribution in [2.75, 3.05) is 37.6 Å². The first-order chi connectivity index (χ1) is 14.5. The molecular formula is C23H33N5O2. The molecule has 4 bridgehead atoms. The van der Waals surface area contributed by atoms with Crippen molar-refractivity contribution in [1.29, 1.82) is 0 Å². The highest BCUT2D eigenvalue weighted by atomic mass is 16.1. The number of pyridine rings is 1. The molecule has 30 heavy (non-hydrogen) atoms. The van der Waals surface area contributed by atoms with Crippen LogP contribution >= 0.6 is 0 Å². The number of amides is 2. The predicted octanol–water partition coefficient (Wildman–Crippen LogP) is 1.72. The molecule has 7 nitrogen and oxygen atoms in total. The Morgan fingerprint density at radius 2 is 1.57 bits per heavy atom. The third kappa shape index (κ3) is 3.68. The van der Waals surface area contributed by atoms with Gasteiger partial charge in [-0.2, -0.15) is 0 Å². The SMILES string of the molecule is NC(=O)CCN1CCN(c2ccc(C3C4CC5CC(C4)CC3C5)c(C(N)=O)n2)CC1. The Hall–Kier alpha value is -2.15. The van der Waals surface area contributed by atoms with E-state index in [0.29, 0.717) is 36.4 Å². The molecule has 0 atom stereocenters. The number of rotatable bonds is 6. The van der Waals surface area contributed by atoms with Gasteiger partial charge in [0.15, 0.2) is 0 Å². The summed E-state index contributed by atoms with van der Waals surface area (Å²) in [6, 6.07) is 4.24. The lowest BCUT2D eigenvalue weighted by Crippen LogP contribution is -2.47. The zero-order valence-electron chi connectivity index (χ0n) is 17.6. The van der Waals surface area contributed by atoms with Gasteiger partial charge in [-0.1, -0.05) is 6.07 Å². The molecule has 0 spiro atoms. The van der Waals surface area contributed by atoms with Gasteiger partial charge in [-0.15, -0.1) is 0 Å². The van der Waals surface area contributed by atoms with Gasteiger partial charge in [0, 0.05) is 39.1 Å². The van der Waals surface area contributed by atoms with Crippen molar-refractivity contribution in [3.63, 3.8) is 0 Å². The summed E-state index contributed by atoms with van der Waals surface area (Å²) in [5.41, 5.74) is 12.7. The highest BCUT2D eigenvalue weighted by molar-refractivity contribution is 5.93. The topological polar surface area (TPSA) is 106 Å². The van der Waals surface area contributed by atoms with Gasteiger partial charge in [-0.3, -0.25) is 14.5 Å². The summed E-state index contributed by atoms with van der Waals surface area (Å²) in [5, 5.41) is 0. The zero-order valence-corrected chi connectivity index (χ0v) is 17.6. The maximum atomic E-state index is 12.4. The monoisotopic (exact) mass is 411 g/mol. The molecule has 6 rings (SSSR count). The molecule has 7 heteroatoms. The van der Waals surface area contributed by atoms with E-state index in [9.17, 15) is 9.59 Å². The van der Waals surface area contributed by atoms with Crippen molar-refractivity contribution in [2.45, 2.75) is 44.4 Å². The summed E-state index contributed by atoms with van der Waals surface area (Å²) < 4.78 is 0. The van der Waals surface area contributed by atoms with Gasteiger partial charge in [-0.25, -0.2) is 4.98 Å². The second-order valence-corrected chi connectivity index (χ2v) is 9.97. The molecule has 1 aliphatic heterocycles. The number of piperazine rings is 1. The Morgan fingerprint density at radius 1 is 0.933 bits per heavy atom. The molecule has 1 aromatic heterocycles. The first kappa shape index (κ1) is 19.8. The molecule has 5 aliphatic rings. The Bertz CT molecular complexity index is 805. The molecule has 1 aromatic rings. The number of anilines is 1. The molecule has 2 heterocycles. The summed E-state index contributed by atoms with van der Waals surface area (Å²) >= 11 is 0. The van der Waals surface area contributed by atoms with Crippen LogP contribution in [-0.4, -0.2) is 54.4 Å². The van der Waals surface area contributed by atoms with E-state index in [0.717, 1.165) is 49.4 Å². The average molecular weight is 412 g/mol. The van der Waals surface area contributed by atoms with Gasteiger partial charge in [0.25, 0.3) is 5.91 Å². The van der Waals surface area contributed by atoms with Crippen molar-refractivity contribution < 1.29 is 9.59 Å². The second-order valence-electron chi connectivity index (χ2n) is 9.97.